The van der Waals surface area contributed by atoms with Gasteiger partial charge in [0.15, 0.2) is 0 Å². The van der Waals surface area contributed by atoms with Crippen molar-refractivity contribution in [1.82, 2.24) is 10.5 Å². The van der Waals surface area contributed by atoms with E-state index in [1.807, 2.05) is 44.2 Å². The Morgan fingerprint density at radius 3 is 2.61 bits per heavy atom. The molecule has 0 saturated carbocycles. The van der Waals surface area contributed by atoms with Gasteiger partial charge in [0.25, 0.3) is 0 Å². The van der Waals surface area contributed by atoms with Gasteiger partial charge in [-0.05, 0) is 26.0 Å². The molecule has 0 saturated heterocycles. The van der Waals surface area contributed by atoms with Crippen LogP contribution < -0.4 is 10.6 Å². The monoisotopic (exact) mass is 245 g/mol. The number of anilines is 1. The van der Waals surface area contributed by atoms with Crippen LogP contribution in [0.3, 0.4) is 0 Å². The lowest BCUT2D eigenvalue weighted by Crippen LogP contribution is -2.28. The predicted octanol–water partition coefficient (Wildman–Crippen LogP) is 2.61. The molecular weight excluding hydrogens is 230 g/mol. The molecule has 0 atom stereocenters. The number of carbonyl (C=O) groups is 1. The van der Waals surface area contributed by atoms with Gasteiger partial charge < -0.3 is 15.2 Å². The molecule has 0 bridgehead atoms. The summed E-state index contributed by atoms with van der Waals surface area (Å²) in [6.07, 6.45) is 0. The molecule has 2 amide bonds. The Labute approximate surface area is 105 Å². The number of nitrogens with zero attached hydrogens (tertiary/aromatic N) is 1. The largest absolute Gasteiger partial charge is 0.361 e. The van der Waals surface area contributed by atoms with Crippen LogP contribution in [0.1, 0.15) is 17.0 Å². The van der Waals surface area contributed by atoms with E-state index < -0.39 is 0 Å². The van der Waals surface area contributed by atoms with Crippen LogP contribution in [0.2, 0.25) is 0 Å². The average Bonchev–Trinajstić information content (AvgIpc) is 2.68. The summed E-state index contributed by atoms with van der Waals surface area (Å²) in [5.41, 5.74) is 2.47. The minimum Gasteiger partial charge on any atom is -0.361 e. The van der Waals surface area contributed by atoms with Crippen LogP contribution in [0.25, 0.3) is 0 Å². The molecule has 0 aliphatic carbocycles. The number of rotatable bonds is 3. The molecule has 18 heavy (non-hydrogen) atoms. The summed E-state index contributed by atoms with van der Waals surface area (Å²) in [4.78, 5) is 11.7. The Balaban J connectivity index is 1.89. The van der Waals surface area contributed by atoms with Crippen molar-refractivity contribution in [3.63, 3.8) is 0 Å². The van der Waals surface area contributed by atoms with E-state index in [1.54, 1.807) is 0 Å². The lowest BCUT2D eigenvalue weighted by Gasteiger charge is -2.07. The highest BCUT2D eigenvalue weighted by Gasteiger charge is 2.09. The second-order valence-corrected chi connectivity index (χ2v) is 3.98. The van der Waals surface area contributed by atoms with Gasteiger partial charge in [-0.15, -0.1) is 0 Å². The molecule has 94 valence electrons. The van der Waals surface area contributed by atoms with E-state index in [4.69, 9.17) is 4.52 Å². The summed E-state index contributed by atoms with van der Waals surface area (Å²) in [5.74, 6) is 0.729. The molecule has 5 heteroatoms. The zero-order valence-electron chi connectivity index (χ0n) is 10.4. The minimum atomic E-state index is -0.249. The molecule has 1 aromatic carbocycles. The van der Waals surface area contributed by atoms with Crippen molar-refractivity contribution in [2.24, 2.45) is 0 Å². The van der Waals surface area contributed by atoms with Gasteiger partial charge in [0.05, 0.1) is 5.69 Å². The van der Waals surface area contributed by atoms with Crippen LogP contribution in [0, 0.1) is 13.8 Å². The summed E-state index contributed by atoms with van der Waals surface area (Å²) in [5, 5.41) is 9.34. The molecule has 2 N–H and O–H groups in total. The summed E-state index contributed by atoms with van der Waals surface area (Å²) in [6, 6.07) is 9.03. The van der Waals surface area contributed by atoms with Crippen LogP contribution in [0.15, 0.2) is 34.9 Å². The quantitative estimate of drug-likeness (QED) is 0.873. The fourth-order valence-electron chi connectivity index (χ4n) is 1.62. The number of benzene rings is 1. The Bertz CT molecular complexity index is 515. The Hall–Kier alpha value is -2.30. The number of hydrogen-bond acceptors (Lipinski definition) is 3. The van der Waals surface area contributed by atoms with Gasteiger partial charge in [-0.2, -0.15) is 0 Å². The maximum absolute atomic E-state index is 11.7. The van der Waals surface area contributed by atoms with E-state index in [9.17, 15) is 4.79 Å². The zero-order chi connectivity index (χ0) is 13.0. The summed E-state index contributed by atoms with van der Waals surface area (Å²) < 4.78 is 5.02. The number of hydrogen-bond donors (Lipinski definition) is 2. The highest BCUT2D eigenvalue weighted by atomic mass is 16.5. The van der Waals surface area contributed by atoms with Gasteiger partial charge in [-0.1, -0.05) is 23.4 Å². The predicted molar refractivity (Wildman–Crippen MR) is 68.3 cm³/mol. The summed E-state index contributed by atoms with van der Waals surface area (Å²) in [7, 11) is 0. The molecule has 0 fully saturated rings. The topological polar surface area (TPSA) is 67.2 Å². The van der Waals surface area contributed by atoms with E-state index in [2.05, 4.69) is 15.8 Å². The van der Waals surface area contributed by atoms with E-state index >= 15 is 0 Å². The fraction of sp³-hybridized carbons (Fsp3) is 0.231. The van der Waals surface area contributed by atoms with Gasteiger partial charge in [-0.25, -0.2) is 4.79 Å². The Morgan fingerprint density at radius 2 is 2.00 bits per heavy atom. The average molecular weight is 245 g/mol. The van der Waals surface area contributed by atoms with Crippen LogP contribution >= 0.6 is 0 Å². The number of aromatic nitrogens is 1. The molecule has 1 heterocycles. The molecule has 0 radical (unpaired) electrons. The van der Waals surface area contributed by atoms with Gasteiger partial charge in [-0.3, -0.25) is 0 Å². The highest BCUT2D eigenvalue weighted by Crippen LogP contribution is 2.11. The molecule has 5 nitrogen and oxygen atoms in total. The number of amides is 2. The van der Waals surface area contributed by atoms with Crippen LogP contribution in [-0.2, 0) is 6.54 Å². The number of aryl methyl sites for hydroxylation is 2. The first-order chi connectivity index (χ1) is 8.66. The van der Waals surface area contributed by atoms with Crippen molar-refractivity contribution in [2.45, 2.75) is 20.4 Å². The Morgan fingerprint density at radius 1 is 1.28 bits per heavy atom. The molecular formula is C13H15N3O2. The lowest BCUT2D eigenvalue weighted by atomic mass is 10.2. The first-order valence-corrected chi connectivity index (χ1v) is 5.68. The minimum absolute atomic E-state index is 0.249. The molecule has 0 spiro atoms. The van der Waals surface area contributed by atoms with E-state index in [0.29, 0.717) is 6.54 Å². The SMILES string of the molecule is Cc1noc(C)c1CNC(=O)Nc1ccccc1. The van der Waals surface area contributed by atoms with Gasteiger partial charge >= 0.3 is 6.03 Å². The number of para-hydroxylation sites is 1. The fourth-order valence-corrected chi connectivity index (χ4v) is 1.62. The van der Waals surface area contributed by atoms with Crippen molar-refractivity contribution >= 4 is 11.7 Å². The number of carbonyl (C=O) groups excluding carboxylic acids is 1. The number of urea groups is 1. The first-order valence-electron chi connectivity index (χ1n) is 5.68. The smallest absolute Gasteiger partial charge is 0.319 e. The van der Waals surface area contributed by atoms with Crippen LogP contribution in [0.5, 0.6) is 0 Å². The summed E-state index contributed by atoms with van der Waals surface area (Å²) >= 11 is 0. The third kappa shape index (κ3) is 2.88. The van der Waals surface area contributed by atoms with Crippen molar-refractivity contribution in [3.8, 4) is 0 Å². The second kappa shape index (κ2) is 5.35. The van der Waals surface area contributed by atoms with Crippen molar-refractivity contribution in [2.75, 3.05) is 5.32 Å². The second-order valence-electron chi connectivity index (χ2n) is 3.98. The summed E-state index contributed by atoms with van der Waals surface area (Å²) in [6.45, 7) is 4.08. The Kier molecular flexibility index (Phi) is 3.62. The van der Waals surface area contributed by atoms with Gasteiger partial charge in [0, 0.05) is 17.8 Å². The first kappa shape index (κ1) is 12.2. The van der Waals surface area contributed by atoms with Crippen molar-refractivity contribution < 1.29 is 9.32 Å². The van der Waals surface area contributed by atoms with Crippen molar-refractivity contribution in [3.05, 3.63) is 47.3 Å². The highest BCUT2D eigenvalue weighted by molar-refractivity contribution is 5.89. The van der Waals surface area contributed by atoms with Crippen LogP contribution in [-0.4, -0.2) is 11.2 Å². The van der Waals surface area contributed by atoms with Crippen LogP contribution in [0.4, 0.5) is 10.5 Å². The van der Waals surface area contributed by atoms with E-state index in [1.165, 1.54) is 0 Å². The van der Waals surface area contributed by atoms with E-state index in [-0.39, 0.29) is 6.03 Å². The zero-order valence-corrected chi connectivity index (χ0v) is 10.4. The molecule has 1 aromatic heterocycles. The molecule has 0 aliphatic rings. The lowest BCUT2D eigenvalue weighted by molar-refractivity contribution is 0.251. The normalized spacial score (nSPS) is 10.1. The third-order valence-corrected chi connectivity index (χ3v) is 2.64. The van der Waals surface area contributed by atoms with E-state index in [0.717, 1.165) is 22.7 Å². The third-order valence-electron chi connectivity index (χ3n) is 2.64. The molecule has 0 unspecified atom stereocenters. The molecule has 2 aromatic rings. The maximum atomic E-state index is 11.7. The standard InChI is InChI=1S/C13H15N3O2/c1-9-12(10(2)18-16-9)8-14-13(17)15-11-6-4-3-5-7-11/h3-7H,8H2,1-2H3,(H2,14,15,17). The van der Waals surface area contributed by atoms with Gasteiger partial charge in [0.2, 0.25) is 0 Å². The maximum Gasteiger partial charge on any atom is 0.319 e. The molecule has 2 rings (SSSR count). The van der Waals surface area contributed by atoms with Gasteiger partial charge in [0.1, 0.15) is 5.76 Å². The number of nitrogens with one attached hydrogen (secondary N) is 2. The van der Waals surface area contributed by atoms with Crippen molar-refractivity contribution in [1.29, 1.82) is 0 Å². The molecule has 0 aliphatic heterocycles.